The lowest BCUT2D eigenvalue weighted by Crippen LogP contribution is -2.48. The molecule has 188 valence electrons. The maximum absolute atomic E-state index is 12.9. The van der Waals surface area contributed by atoms with Crippen molar-refractivity contribution in [3.8, 4) is 11.3 Å². The van der Waals surface area contributed by atoms with E-state index in [0.29, 0.717) is 18.5 Å². The van der Waals surface area contributed by atoms with Gasteiger partial charge in [-0.25, -0.2) is 0 Å². The molecule has 3 N–H and O–H groups in total. The summed E-state index contributed by atoms with van der Waals surface area (Å²) in [6, 6.07) is 23.2. The second-order valence-electron chi connectivity index (χ2n) is 10.1. The lowest BCUT2D eigenvalue weighted by atomic mass is 9.89. The largest absolute Gasteiger partial charge is 0.348 e. The Morgan fingerprint density at radius 3 is 2.72 bits per heavy atom. The van der Waals surface area contributed by atoms with Crippen molar-refractivity contribution in [1.29, 1.82) is 0 Å². The molecule has 0 saturated carbocycles. The molecule has 2 aliphatic heterocycles. The molecule has 0 unspecified atom stereocenters. The first-order valence-electron chi connectivity index (χ1n) is 13.2. The van der Waals surface area contributed by atoms with Gasteiger partial charge >= 0.3 is 0 Å². The third-order valence-electron chi connectivity index (χ3n) is 7.28. The van der Waals surface area contributed by atoms with E-state index in [9.17, 15) is 4.79 Å². The average Bonchev–Trinajstić information content (AvgIpc) is 2.93. The van der Waals surface area contributed by atoms with Gasteiger partial charge in [0.1, 0.15) is 0 Å². The van der Waals surface area contributed by atoms with Gasteiger partial charge in [0.25, 0.3) is 5.91 Å². The van der Waals surface area contributed by atoms with Crippen LogP contribution in [0.3, 0.4) is 0 Å². The van der Waals surface area contributed by atoms with Gasteiger partial charge in [-0.3, -0.25) is 14.7 Å². The van der Waals surface area contributed by atoms with Crippen LogP contribution in [0.2, 0.25) is 0 Å². The van der Waals surface area contributed by atoms with Crippen LogP contribution in [-0.4, -0.2) is 54.6 Å². The topological polar surface area (TPSA) is 69.3 Å². The summed E-state index contributed by atoms with van der Waals surface area (Å²) in [6.45, 7) is 8.79. The predicted octanol–water partition coefficient (Wildman–Crippen LogP) is 3.94. The van der Waals surface area contributed by atoms with Crippen LogP contribution in [0.1, 0.15) is 52.9 Å². The number of benzene rings is 2. The van der Waals surface area contributed by atoms with Gasteiger partial charge in [-0.1, -0.05) is 36.4 Å². The van der Waals surface area contributed by atoms with Crippen molar-refractivity contribution in [1.82, 2.24) is 25.8 Å². The van der Waals surface area contributed by atoms with Crippen LogP contribution < -0.4 is 16.0 Å². The van der Waals surface area contributed by atoms with E-state index in [2.05, 4.69) is 76.3 Å². The summed E-state index contributed by atoms with van der Waals surface area (Å²) in [4.78, 5) is 20.3. The molecule has 0 aliphatic carbocycles. The van der Waals surface area contributed by atoms with Crippen molar-refractivity contribution < 1.29 is 4.79 Å². The summed E-state index contributed by atoms with van der Waals surface area (Å²) in [6.07, 6.45) is 2.25. The van der Waals surface area contributed by atoms with Gasteiger partial charge in [-0.05, 0) is 80.2 Å². The summed E-state index contributed by atoms with van der Waals surface area (Å²) in [7, 11) is 0. The Hall–Kier alpha value is -3.06. The normalized spacial score (nSPS) is 19.2. The van der Waals surface area contributed by atoms with Crippen molar-refractivity contribution in [3.63, 3.8) is 0 Å². The smallest absolute Gasteiger partial charge is 0.251 e. The van der Waals surface area contributed by atoms with E-state index >= 15 is 0 Å². The molecule has 3 aromatic rings. The standard InChI is InChI=1S/C30H37N5O/c1-22-20-35(16-15-32-22)21-28-9-4-10-29(34-28)26-7-2-5-23(17-26)19-33-30(36)27-8-3-6-25(18-27)24-11-13-31-14-12-24/h2-10,17-18,22,24,31-32H,11-16,19-21H2,1H3,(H,33,36)/t22-/m0/s1. The molecule has 0 bridgehead atoms. The molecule has 1 aromatic heterocycles. The molecule has 3 heterocycles. The first-order chi connectivity index (χ1) is 17.6. The molecule has 2 aromatic carbocycles. The fourth-order valence-electron chi connectivity index (χ4n) is 5.33. The number of aromatic nitrogens is 1. The molecular formula is C30H37N5O. The maximum Gasteiger partial charge on any atom is 0.251 e. The Labute approximate surface area is 214 Å². The Bertz CT molecular complexity index is 1170. The van der Waals surface area contributed by atoms with Crippen molar-refractivity contribution in [2.75, 3.05) is 32.7 Å². The predicted molar refractivity (Wildman–Crippen MR) is 145 cm³/mol. The highest BCUT2D eigenvalue weighted by molar-refractivity contribution is 5.94. The zero-order chi connectivity index (χ0) is 24.7. The van der Waals surface area contributed by atoms with E-state index < -0.39 is 0 Å². The Kier molecular flexibility index (Phi) is 8.06. The number of rotatable bonds is 7. The third kappa shape index (κ3) is 6.38. The molecule has 1 atom stereocenters. The summed E-state index contributed by atoms with van der Waals surface area (Å²) >= 11 is 0. The number of carbonyl (C=O) groups is 1. The molecule has 5 rings (SSSR count). The number of hydrogen-bond acceptors (Lipinski definition) is 5. The second kappa shape index (κ2) is 11.8. The zero-order valence-electron chi connectivity index (χ0n) is 21.2. The van der Waals surface area contributed by atoms with E-state index in [1.807, 2.05) is 18.2 Å². The molecule has 0 spiro atoms. The van der Waals surface area contributed by atoms with Crippen LogP contribution in [0, 0.1) is 0 Å². The third-order valence-corrected chi connectivity index (χ3v) is 7.28. The van der Waals surface area contributed by atoms with Gasteiger partial charge in [-0.2, -0.15) is 0 Å². The summed E-state index contributed by atoms with van der Waals surface area (Å²) in [5.41, 5.74) is 6.21. The van der Waals surface area contributed by atoms with E-state index in [1.165, 1.54) is 5.56 Å². The number of carbonyl (C=O) groups excluding carboxylic acids is 1. The van der Waals surface area contributed by atoms with Crippen molar-refractivity contribution >= 4 is 5.91 Å². The second-order valence-corrected chi connectivity index (χ2v) is 10.1. The van der Waals surface area contributed by atoms with Gasteiger partial charge in [0.15, 0.2) is 0 Å². The van der Waals surface area contributed by atoms with Crippen LogP contribution >= 0.6 is 0 Å². The maximum atomic E-state index is 12.9. The SMILES string of the molecule is C[C@H]1CN(Cc2cccc(-c3cccc(CNC(=O)c4cccc(C5CCNCC5)c4)c3)n2)CCN1. The fourth-order valence-corrected chi connectivity index (χ4v) is 5.33. The van der Waals surface area contributed by atoms with E-state index in [0.717, 1.165) is 80.2 Å². The number of nitrogens with one attached hydrogen (secondary N) is 3. The van der Waals surface area contributed by atoms with Gasteiger partial charge in [0, 0.05) is 49.9 Å². The number of pyridine rings is 1. The van der Waals surface area contributed by atoms with Gasteiger partial charge < -0.3 is 16.0 Å². The van der Waals surface area contributed by atoms with Crippen LogP contribution in [0.4, 0.5) is 0 Å². The molecule has 1 amide bonds. The fraction of sp³-hybridized carbons (Fsp3) is 0.400. The minimum atomic E-state index is -0.0263. The number of amides is 1. The molecule has 0 radical (unpaired) electrons. The molecular weight excluding hydrogens is 446 g/mol. The molecule has 2 aliphatic rings. The van der Waals surface area contributed by atoms with Gasteiger partial charge in [0.2, 0.25) is 0 Å². The highest BCUT2D eigenvalue weighted by Crippen LogP contribution is 2.26. The number of piperidine rings is 1. The Morgan fingerprint density at radius 2 is 1.86 bits per heavy atom. The summed E-state index contributed by atoms with van der Waals surface area (Å²) in [5, 5.41) is 10.0. The first-order valence-corrected chi connectivity index (χ1v) is 13.2. The monoisotopic (exact) mass is 483 g/mol. The highest BCUT2D eigenvalue weighted by Gasteiger charge is 2.17. The molecule has 2 fully saturated rings. The molecule has 6 heteroatoms. The van der Waals surface area contributed by atoms with Crippen LogP contribution in [0.25, 0.3) is 11.3 Å². The van der Waals surface area contributed by atoms with Gasteiger partial charge in [-0.15, -0.1) is 0 Å². The molecule has 2 saturated heterocycles. The van der Waals surface area contributed by atoms with Crippen LogP contribution in [-0.2, 0) is 13.1 Å². The zero-order valence-corrected chi connectivity index (χ0v) is 21.2. The van der Waals surface area contributed by atoms with Crippen molar-refractivity contribution in [2.45, 2.75) is 44.8 Å². The summed E-state index contributed by atoms with van der Waals surface area (Å²) in [5.74, 6) is 0.510. The number of hydrogen-bond donors (Lipinski definition) is 3. The van der Waals surface area contributed by atoms with E-state index in [1.54, 1.807) is 0 Å². The van der Waals surface area contributed by atoms with Crippen LogP contribution in [0.5, 0.6) is 0 Å². The molecule has 36 heavy (non-hydrogen) atoms. The number of nitrogens with zero attached hydrogens (tertiary/aromatic N) is 2. The van der Waals surface area contributed by atoms with E-state index in [-0.39, 0.29) is 5.91 Å². The first kappa shape index (κ1) is 24.6. The lowest BCUT2D eigenvalue weighted by molar-refractivity contribution is 0.0950. The van der Waals surface area contributed by atoms with E-state index in [4.69, 9.17) is 4.98 Å². The minimum Gasteiger partial charge on any atom is -0.348 e. The quantitative estimate of drug-likeness (QED) is 0.475. The average molecular weight is 484 g/mol. The van der Waals surface area contributed by atoms with Crippen LogP contribution in [0.15, 0.2) is 66.7 Å². The lowest BCUT2D eigenvalue weighted by Gasteiger charge is -2.31. The van der Waals surface area contributed by atoms with Crippen molar-refractivity contribution in [2.24, 2.45) is 0 Å². The summed E-state index contributed by atoms with van der Waals surface area (Å²) < 4.78 is 0. The van der Waals surface area contributed by atoms with Gasteiger partial charge in [0.05, 0.1) is 11.4 Å². The Morgan fingerprint density at radius 1 is 1.03 bits per heavy atom. The Balaban J connectivity index is 1.22. The highest BCUT2D eigenvalue weighted by atomic mass is 16.1. The van der Waals surface area contributed by atoms with Crippen molar-refractivity contribution in [3.05, 3.63) is 89.1 Å². The molecule has 6 nitrogen and oxygen atoms in total. The minimum absolute atomic E-state index is 0.0263. The number of piperazine rings is 1.